The number of aryl methyl sites for hydroxylation is 1. The predicted octanol–water partition coefficient (Wildman–Crippen LogP) is 1.78. The van der Waals surface area contributed by atoms with E-state index in [0.29, 0.717) is 0 Å². The highest BCUT2D eigenvalue weighted by Crippen LogP contribution is 2.20. The number of aliphatic hydroxyl groups excluding tert-OH is 2. The molecule has 1 unspecified atom stereocenters. The van der Waals surface area contributed by atoms with Crippen LogP contribution in [-0.2, 0) is 0 Å². The van der Waals surface area contributed by atoms with Crippen LogP contribution in [0.1, 0.15) is 37.4 Å². The third-order valence-corrected chi connectivity index (χ3v) is 3.11. The normalized spacial score (nSPS) is 13.7. The van der Waals surface area contributed by atoms with Crippen LogP contribution in [0.25, 0.3) is 0 Å². The van der Waals surface area contributed by atoms with Gasteiger partial charge < -0.3 is 15.5 Å². The number of rotatable bonds is 6. The Balaban J connectivity index is 2.81. The van der Waals surface area contributed by atoms with E-state index >= 15 is 0 Å². The Morgan fingerprint density at radius 3 is 2.12 bits per heavy atom. The Morgan fingerprint density at radius 2 is 1.71 bits per heavy atom. The average Bonchev–Trinajstić information content (AvgIpc) is 2.37. The van der Waals surface area contributed by atoms with Crippen molar-refractivity contribution in [2.75, 3.05) is 13.2 Å². The van der Waals surface area contributed by atoms with Gasteiger partial charge in [-0.15, -0.1) is 0 Å². The van der Waals surface area contributed by atoms with Gasteiger partial charge in [-0.1, -0.05) is 36.8 Å². The van der Waals surface area contributed by atoms with Crippen molar-refractivity contribution in [2.24, 2.45) is 0 Å². The summed E-state index contributed by atoms with van der Waals surface area (Å²) in [6.45, 7) is 5.82. The molecule has 0 amide bonds. The molecule has 0 aromatic heterocycles. The lowest BCUT2D eigenvalue weighted by molar-refractivity contribution is 0.0932. The smallest absolute Gasteiger partial charge is 0.0633 e. The number of nitrogens with one attached hydrogen (secondary N) is 1. The molecule has 96 valence electrons. The quantitative estimate of drug-likeness (QED) is 0.707. The number of hydrogen-bond acceptors (Lipinski definition) is 3. The maximum atomic E-state index is 9.30. The lowest BCUT2D eigenvalue weighted by Gasteiger charge is -2.32. The molecular formula is C14H23NO2. The maximum Gasteiger partial charge on any atom is 0.0633 e. The summed E-state index contributed by atoms with van der Waals surface area (Å²) in [7, 11) is 0. The molecule has 3 N–H and O–H groups in total. The Kier molecular flexibility index (Phi) is 5.12. The third kappa shape index (κ3) is 3.80. The maximum absolute atomic E-state index is 9.30. The van der Waals surface area contributed by atoms with Gasteiger partial charge in [0.05, 0.1) is 18.8 Å². The van der Waals surface area contributed by atoms with Crippen LogP contribution in [0.15, 0.2) is 24.3 Å². The third-order valence-electron chi connectivity index (χ3n) is 3.11. The van der Waals surface area contributed by atoms with Crippen molar-refractivity contribution in [3.8, 4) is 0 Å². The van der Waals surface area contributed by atoms with E-state index in [9.17, 15) is 10.2 Å². The first-order valence-electron chi connectivity index (χ1n) is 6.10. The molecule has 0 bridgehead atoms. The SMILES string of the molecule is CCC(NC(C)(CO)CO)c1ccc(C)cc1. The van der Waals surface area contributed by atoms with E-state index in [1.807, 2.05) is 6.92 Å². The first-order chi connectivity index (χ1) is 8.04. The van der Waals surface area contributed by atoms with Crippen LogP contribution in [0, 0.1) is 6.92 Å². The molecule has 3 heteroatoms. The summed E-state index contributed by atoms with van der Waals surface area (Å²) in [5, 5.41) is 21.9. The van der Waals surface area contributed by atoms with Gasteiger partial charge in [-0.3, -0.25) is 0 Å². The number of benzene rings is 1. The Bertz CT molecular complexity index is 331. The molecule has 0 radical (unpaired) electrons. The summed E-state index contributed by atoms with van der Waals surface area (Å²) >= 11 is 0. The number of aliphatic hydroxyl groups is 2. The van der Waals surface area contributed by atoms with Gasteiger partial charge in [0, 0.05) is 6.04 Å². The zero-order chi connectivity index (χ0) is 12.9. The highest BCUT2D eigenvalue weighted by atomic mass is 16.3. The Labute approximate surface area is 103 Å². The van der Waals surface area contributed by atoms with Crippen molar-refractivity contribution < 1.29 is 10.2 Å². The largest absolute Gasteiger partial charge is 0.394 e. The van der Waals surface area contributed by atoms with Crippen LogP contribution < -0.4 is 5.32 Å². The summed E-state index contributed by atoms with van der Waals surface area (Å²) in [4.78, 5) is 0. The number of hydrogen-bond donors (Lipinski definition) is 3. The Morgan fingerprint density at radius 1 is 1.18 bits per heavy atom. The molecule has 0 heterocycles. The van der Waals surface area contributed by atoms with Gasteiger partial charge >= 0.3 is 0 Å². The van der Waals surface area contributed by atoms with Gasteiger partial charge in [0.1, 0.15) is 0 Å². The van der Waals surface area contributed by atoms with Crippen LogP contribution in [0.3, 0.4) is 0 Å². The van der Waals surface area contributed by atoms with E-state index in [1.54, 1.807) is 0 Å². The molecule has 1 aromatic carbocycles. The highest BCUT2D eigenvalue weighted by molar-refractivity contribution is 5.24. The van der Waals surface area contributed by atoms with Crippen molar-refractivity contribution in [1.82, 2.24) is 5.32 Å². The van der Waals surface area contributed by atoms with E-state index in [0.717, 1.165) is 6.42 Å². The molecule has 0 spiro atoms. The van der Waals surface area contributed by atoms with Crippen LogP contribution in [0.5, 0.6) is 0 Å². The van der Waals surface area contributed by atoms with E-state index in [1.165, 1.54) is 11.1 Å². The topological polar surface area (TPSA) is 52.5 Å². The second-order valence-corrected chi connectivity index (χ2v) is 4.89. The van der Waals surface area contributed by atoms with Gasteiger partial charge in [0.2, 0.25) is 0 Å². The van der Waals surface area contributed by atoms with E-state index < -0.39 is 5.54 Å². The molecule has 0 aliphatic heterocycles. The first kappa shape index (κ1) is 14.2. The average molecular weight is 237 g/mol. The minimum absolute atomic E-state index is 0.0775. The molecule has 0 saturated carbocycles. The minimum Gasteiger partial charge on any atom is -0.394 e. The molecule has 0 fully saturated rings. The molecule has 0 saturated heterocycles. The van der Waals surface area contributed by atoms with E-state index in [2.05, 4.69) is 43.4 Å². The van der Waals surface area contributed by atoms with Crippen LogP contribution in [0.2, 0.25) is 0 Å². The molecule has 0 aliphatic rings. The molecule has 0 aliphatic carbocycles. The summed E-state index contributed by atoms with van der Waals surface area (Å²) in [5.74, 6) is 0. The second kappa shape index (κ2) is 6.15. The molecule has 3 nitrogen and oxygen atoms in total. The van der Waals surface area contributed by atoms with Gasteiger partial charge in [-0.2, -0.15) is 0 Å². The fourth-order valence-electron chi connectivity index (χ4n) is 1.78. The van der Waals surface area contributed by atoms with E-state index in [-0.39, 0.29) is 19.3 Å². The van der Waals surface area contributed by atoms with Crippen molar-refractivity contribution in [1.29, 1.82) is 0 Å². The van der Waals surface area contributed by atoms with Crippen LogP contribution in [-0.4, -0.2) is 29.0 Å². The van der Waals surface area contributed by atoms with Crippen LogP contribution in [0.4, 0.5) is 0 Å². The van der Waals surface area contributed by atoms with E-state index in [4.69, 9.17) is 0 Å². The minimum atomic E-state index is -0.633. The summed E-state index contributed by atoms with van der Waals surface area (Å²) < 4.78 is 0. The Hall–Kier alpha value is -0.900. The standard InChI is InChI=1S/C14H23NO2/c1-4-13(15-14(3,9-16)10-17)12-7-5-11(2)6-8-12/h5-8,13,15-17H,4,9-10H2,1-3H3. The lowest BCUT2D eigenvalue weighted by atomic mass is 9.97. The van der Waals surface area contributed by atoms with Gasteiger partial charge in [-0.05, 0) is 25.8 Å². The molecular weight excluding hydrogens is 214 g/mol. The second-order valence-electron chi connectivity index (χ2n) is 4.89. The summed E-state index contributed by atoms with van der Waals surface area (Å²) in [6, 6.07) is 8.49. The van der Waals surface area contributed by atoms with Crippen molar-refractivity contribution in [3.05, 3.63) is 35.4 Å². The molecule has 1 atom stereocenters. The summed E-state index contributed by atoms with van der Waals surface area (Å²) in [5.41, 5.74) is 1.79. The van der Waals surface area contributed by atoms with Gasteiger partial charge in [0.25, 0.3) is 0 Å². The van der Waals surface area contributed by atoms with Crippen molar-refractivity contribution >= 4 is 0 Å². The zero-order valence-electron chi connectivity index (χ0n) is 10.9. The predicted molar refractivity (Wildman–Crippen MR) is 69.9 cm³/mol. The van der Waals surface area contributed by atoms with Gasteiger partial charge in [0.15, 0.2) is 0 Å². The highest BCUT2D eigenvalue weighted by Gasteiger charge is 2.25. The van der Waals surface area contributed by atoms with Crippen molar-refractivity contribution in [3.63, 3.8) is 0 Å². The first-order valence-corrected chi connectivity index (χ1v) is 6.10. The molecule has 17 heavy (non-hydrogen) atoms. The zero-order valence-corrected chi connectivity index (χ0v) is 10.9. The fourth-order valence-corrected chi connectivity index (χ4v) is 1.78. The monoisotopic (exact) mass is 237 g/mol. The molecule has 1 aromatic rings. The summed E-state index contributed by atoms with van der Waals surface area (Å²) in [6.07, 6.45) is 0.915. The lowest BCUT2D eigenvalue weighted by Crippen LogP contribution is -2.50. The molecule has 1 rings (SSSR count). The van der Waals surface area contributed by atoms with Crippen molar-refractivity contribution in [2.45, 2.75) is 38.8 Å². The van der Waals surface area contributed by atoms with Gasteiger partial charge in [-0.25, -0.2) is 0 Å². The fraction of sp³-hybridized carbons (Fsp3) is 0.571. The van der Waals surface area contributed by atoms with Crippen LogP contribution >= 0.6 is 0 Å².